The normalized spacial score (nSPS) is 13.5. The molecule has 0 aliphatic carbocycles. The van der Waals surface area contributed by atoms with Gasteiger partial charge in [0.2, 0.25) is 0 Å². The van der Waals surface area contributed by atoms with E-state index in [-0.39, 0.29) is 5.97 Å². The van der Waals surface area contributed by atoms with E-state index in [0.29, 0.717) is 6.61 Å². The minimum absolute atomic E-state index is 0.334. The largest absolute Gasteiger partial charge is 0.458 e. The molecular weight excluding hydrogens is 180 g/mol. The summed E-state index contributed by atoms with van der Waals surface area (Å²) >= 11 is 0. The second-order valence-electron chi connectivity index (χ2n) is 4.44. The van der Waals surface area contributed by atoms with Gasteiger partial charge in [-0.2, -0.15) is 0 Å². The molecule has 0 spiro atoms. The van der Waals surface area contributed by atoms with Crippen LogP contribution in [0.25, 0.3) is 0 Å². The van der Waals surface area contributed by atoms with Crippen molar-refractivity contribution >= 4 is 5.97 Å². The van der Waals surface area contributed by atoms with Crippen LogP contribution in [0.15, 0.2) is 12.2 Å². The fourth-order valence-corrected chi connectivity index (χ4v) is 0.720. The molecule has 0 aromatic rings. The SMILES string of the molecule is C=C(C)CO[C@@H](C)C(=O)OC(C)(C)C. The molecule has 3 heteroatoms. The van der Waals surface area contributed by atoms with Crippen molar-refractivity contribution in [2.45, 2.75) is 46.3 Å². The van der Waals surface area contributed by atoms with Crippen molar-refractivity contribution in [3.05, 3.63) is 12.2 Å². The summed E-state index contributed by atoms with van der Waals surface area (Å²) in [5, 5.41) is 0. The lowest BCUT2D eigenvalue weighted by atomic mass is 10.2. The maximum atomic E-state index is 11.4. The van der Waals surface area contributed by atoms with Crippen LogP contribution in [0.5, 0.6) is 0 Å². The molecule has 0 aromatic heterocycles. The molecule has 0 aromatic carbocycles. The molecule has 0 saturated heterocycles. The van der Waals surface area contributed by atoms with Crippen molar-refractivity contribution < 1.29 is 14.3 Å². The molecule has 0 N–H and O–H groups in total. The van der Waals surface area contributed by atoms with Crippen molar-refractivity contribution in [2.75, 3.05) is 6.61 Å². The lowest BCUT2D eigenvalue weighted by molar-refractivity contribution is -0.166. The van der Waals surface area contributed by atoms with Gasteiger partial charge in [-0.3, -0.25) is 0 Å². The number of carbonyl (C=O) groups excluding carboxylic acids is 1. The van der Waals surface area contributed by atoms with Gasteiger partial charge in [-0.15, -0.1) is 0 Å². The van der Waals surface area contributed by atoms with E-state index >= 15 is 0 Å². The van der Waals surface area contributed by atoms with Crippen LogP contribution >= 0.6 is 0 Å². The highest BCUT2D eigenvalue weighted by molar-refractivity contribution is 5.74. The molecule has 0 aliphatic heterocycles. The zero-order chi connectivity index (χ0) is 11.4. The van der Waals surface area contributed by atoms with Crippen molar-refractivity contribution in [3.63, 3.8) is 0 Å². The summed E-state index contributed by atoms with van der Waals surface area (Å²) in [5.74, 6) is -0.334. The van der Waals surface area contributed by atoms with Crippen LogP contribution in [0, 0.1) is 0 Å². The molecule has 82 valence electrons. The molecule has 1 atom stereocenters. The van der Waals surface area contributed by atoms with Crippen molar-refractivity contribution in [2.24, 2.45) is 0 Å². The third-order valence-electron chi connectivity index (χ3n) is 1.32. The van der Waals surface area contributed by atoms with E-state index < -0.39 is 11.7 Å². The van der Waals surface area contributed by atoms with Gasteiger partial charge in [0.1, 0.15) is 5.60 Å². The van der Waals surface area contributed by atoms with Crippen LogP contribution in [0.2, 0.25) is 0 Å². The molecule has 14 heavy (non-hydrogen) atoms. The van der Waals surface area contributed by atoms with E-state index in [4.69, 9.17) is 9.47 Å². The number of hydrogen-bond acceptors (Lipinski definition) is 3. The molecule has 0 radical (unpaired) electrons. The maximum Gasteiger partial charge on any atom is 0.335 e. The monoisotopic (exact) mass is 200 g/mol. The Morgan fingerprint density at radius 2 is 1.93 bits per heavy atom. The molecule has 0 bridgehead atoms. The minimum Gasteiger partial charge on any atom is -0.458 e. The average Bonchev–Trinajstić information content (AvgIpc) is 1.96. The van der Waals surface area contributed by atoms with E-state index in [1.165, 1.54) is 0 Å². The topological polar surface area (TPSA) is 35.5 Å². The first-order chi connectivity index (χ1) is 6.22. The molecule has 0 heterocycles. The molecular formula is C11H20O3. The van der Waals surface area contributed by atoms with Crippen LogP contribution in [0.4, 0.5) is 0 Å². The van der Waals surface area contributed by atoms with E-state index in [9.17, 15) is 4.79 Å². The van der Waals surface area contributed by atoms with Crippen LogP contribution in [-0.4, -0.2) is 24.3 Å². The second kappa shape index (κ2) is 5.15. The summed E-state index contributed by atoms with van der Waals surface area (Å²) in [6.45, 7) is 13.1. The maximum absolute atomic E-state index is 11.4. The number of ether oxygens (including phenoxy) is 2. The summed E-state index contributed by atoms with van der Waals surface area (Å²) in [5.41, 5.74) is 0.429. The predicted octanol–water partition coefficient (Wildman–Crippen LogP) is 2.31. The number of rotatable bonds is 4. The molecule has 0 amide bonds. The standard InChI is InChI=1S/C11H20O3/c1-8(2)7-13-9(3)10(12)14-11(4,5)6/h9H,1,7H2,2-6H3/t9-/m0/s1. The van der Waals surface area contributed by atoms with Crippen molar-refractivity contribution in [3.8, 4) is 0 Å². The third-order valence-corrected chi connectivity index (χ3v) is 1.32. The third kappa shape index (κ3) is 6.66. The van der Waals surface area contributed by atoms with Crippen molar-refractivity contribution in [1.82, 2.24) is 0 Å². The summed E-state index contributed by atoms with van der Waals surface area (Å²) in [7, 11) is 0. The van der Waals surface area contributed by atoms with Gasteiger partial charge in [0.05, 0.1) is 6.61 Å². The van der Waals surface area contributed by atoms with Gasteiger partial charge in [0.15, 0.2) is 6.10 Å². The molecule has 0 aliphatic rings. The van der Waals surface area contributed by atoms with Gasteiger partial charge in [-0.1, -0.05) is 12.2 Å². The molecule has 0 fully saturated rings. The summed E-state index contributed by atoms with van der Waals surface area (Å²) < 4.78 is 10.4. The van der Waals surface area contributed by atoms with Crippen LogP contribution < -0.4 is 0 Å². The van der Waals surface area contributed by atoms with E-state index in [1.807, 2.05) is 27.7 Å². The minimum atomic E-state index is -0.536. The van der Waals surface area contributed by atoms with E-state index in [1.54, 1.807) is 6.92 Å². The Bertz CT molecular complexity index is 213. The van der Waals surface area contributed by atoms with E-state index in [0.717, 1.165) is 5.57 Å². The van der Waals surface area contributed by atoms with Gasteiger partial charge in [0, 0.05) is 0 Å². The predicted molar refractivity (Wildman–Crippen MR) is 56.1 cm³/mol. The Labute approximate surface area is 86.1 Å². The Hall–Kier alpha value is -0.830. The quantitative estimate of drug-likeness (QED) is 0.516. The first-order valence-electron chi connectivity index (χ1n) is 4.71. The summed E-state index contributed by atoms with van der Waals surface area (Å²) in [6, 6.07) is 0. The zero-order valence-electron chi connectivity index (χ0n) is 9.72. The Balaban J connectivity index is 3.94. The molecule has 0 saturated carbocycles. The lowest BCUT2D eigenvalue weighted by Gasteiger charge is -2.22. The fourth-order valence-electron chi connectivity index (χ4n) is 0.720. The van der Waals surface area contributed by atoms with Gasteiger partial charge < -0.3 is 9.47 Å². The molecule has 3 nitrogen and oxygen atoms in total. The smallest absolute Gasteiger partial charge is 0.335 e. The highest BCUT2D eigenvalue weighted by Gasteiger charge is 2.21. The highest BCUT2D eigenvalue weighted by Crippen LogP contribution is 2.09. The Kier molecular flexibility index (Phi) is 4.85. The fraction of sp³-hybridized carbons (Fsp3) is 0.727. The summed E-state index contributed by atoms with van der Waals surface area (Å²) in [6.07, 6.45) is -0.536. The Morgan fingerprint density at radius 1 is 1.43 bits per heavy atom. The van der Waals surface area contributed by atoms with E-state index in [2.05, 4.69) is 6.58 Å². The van der Waals surface area contributed by atoms with Gasteiger partial charge in [-0.25, -0.2) is 4.79 Å². The number of esters is 1. The molecule has 0 unspecified atom stereocenters. The van der Waals surface area contributed by atoms with Crippen LogP contribution in [-0.2, 0) is 14.3 Å². The van der Waals surface area contributed by atoms with Gasteiger partial charge >= 0.3 is 5.97 Å². The molecule has 0 rings (SSSR count). The number of hydrogen-bond donors (Lipinski definition) is 0. The summed E-state index contributed by atoms with van der Waals surface area (Å²) in [4.78, 5) is 11.4. The zero-order valence-corrected chi connectivity index (χ0v) is 9.72. The highest BCUT2D eigenvalue weighted by atomic mass is 16.6. The lowest BCUT2D eigenvalue weighted by Crippen LogP contribution is -2.32. The first kappa shape index (κ1) is 13.2. The average molecular weight is 200 g/mol. The number of carbonyl (C=O) groups is 1. The Morgan fingerprint density at radius 3 is 2.29 bits per heavy atom. The second-order valence-corrected chi connectivity index (χ2v) is 4.44. The van der Waals surface area contributed by atoms with Crippen molar-refractivity contribution in [1.29, 1.82) is 0 Å². The van der Waals surface area contributed by atoms with Crippen LogP contribution in [0.3, 0.4) is 0 Å². The van der Waals surface area contributed by atoms with Crippen LogP contribution in [0.1, 0.15) is 34.6 Å². The first-order valence-corrected chi connectivity index (χ1v) is 4.71. The van der Waals surface area contributed by atoms with Gasteiger partial charge in [0.25, 0.3) is 0 Å². The van der Waals surface area contributed by atoms with Gasteiger partial charge in [-0.05, 0) is 34.6 Å².